The molecule has 0 aliphatic heterocycles. The van der Waals surface area contributed by atoms with E-state index in [2.05, 4.69) is 16.9 Å². The molecule has 0 aliphatic rings. The van der Waals surface area contributed by atoms with Gasteiger partial charge in [-0.3, -0.25) is 0 Å². The highest BCUT2D eigenvalue weighted by atomic mass is 16.5. The van der Waals surface area contributed by atoms with E-state index < -0.39 is 0 Å². The first kappa shape index (κ1) is 11.2. The second kappa shape index (κ2) is 5.78. The Balaban J connectivity index is 2.65. The Bertz CT molecular complexity index is 254. The molecule has 0 fully saturated rings. The van der Waals surface area contributed by atoms with Crippen molar-refractivity contribution in [3.63, 3.8) is 0 Å². The molecule has 1 unspecified atom stereocenters. The number of hydrogen-bond donors (Lipinski definition) is 2. The van der Waals surface area contributed by atoms with Crippen molar-refractivity contribution in [2.75, 3.05) is 6.61 Å². The molecule has 1 aromatic rings. The monoisotopic (exact) mass is 198 g/mol. The zero-order valence-electron chi connectivity index (χ0n) is 8.79. The molecule has 1 aromatic heterocycles. The molecule has 14 heavy (non-hydrogen) atoms. The van der Waals surface area contributed by atoms with Crippen molar-refractivity contribution < 1.29 is 9.84 Å². The van der Waals surface area contributed by atoms with Gasteiger partial charge in [0.1, 0.15) is 11.9 Å². The summed E-state index contributed by atoms with van der Waals surface area (Å²) in [5.74, 6) is 0.817. The summed E-state index contributed by atoms with van der Waals surface area (Å²) in [7, 11) is 0. The van der Waals surface area contributed by atoms with Crippen molar-refractivity contribution in [3.05, 3.63) is 17.7 Å². The van der Waals surface area contributed by atoms with Crippen LogP contribution in [-0.2, 0) is 11.3 Å². The molecule has 4 heteroatoms. The Morgan fingerprint density at radius 3 is 2.86 bits per heavy atom. The van der Waals surface area contributed by atoms with Gasteiger partial charge < -0.3 is 14.8 Å². The fourth-order valence-electron chi connectivity index (χ4n) is 1.38. The molecular formula is C10H18N2O2. The van der Waals surface area contributed by atoms with Gasteiger partial charge in [-0.15, -0.1) is 0 Å². The van der Waals surface area contributed by atoms with Crippen LogP contribution in [-0.4, -0.2) is 21.7 Å². The van der Waals surface area contributed by atoms with Gasteiger partial charge in [0.15, 0.2) is 0 Å². The summed E-state index contributed by atoms with van der Waals surface area (Å²) < 4.78 is 5.55. The summed E-state index contributed by atoms with van der Waals surface area (Å²) in [6, 6.07) is 0. The molecule has 1 atom stereocenters. The third kappa shape index (κ3) is 2.82. The van der Waals surface area contributed by atoms with Crippen LogP contribution in [0.5, 0.6) is 0 Å². The van der Waals surface area contributed by atoms with E-state index in [1.807, 2.05) is 6.92 Å². The number of aromatic amines is 1. The fourth-order valence-corrected chi connectivity index (χ4v) is 1.38. The maximum Gasteiger partial charge on any atom is 0.135 e. The number of imidazole rings is 1. The Morgan fingerprint density at radius 1 is 1.57 bits per heavy atom. The van der Waals surface area contributed by atoms with Gasteiger partial charge in [0, 0.05) is 6.61 Å². The largest absolute Gasteiger partial charge is 0.390 e. The highest BCUT2D eigenvalue weighted by molar-refractivity contribution is 5.02. The summed E-state index contributed by atoms with van der Waals surface area (Å²) in [5.41, 5.74) is 0.737. The van der Waals surface area contributed by atoms with Gasteiger partial charge >= 0.3 is 0 Å². The van der Waals surface area contributed by atoms with Crippen LogP contribution in [0.1, 0.15) is 44.3 Å². The molecule has 0 saturated carbocycles. The van der Waals surface area contributed by atoms with E-state index in [0.717, 1.165) is 24.4 Å². The number of nitrogens with one attached hydrogen (secondary N) is 1. The van der Waals surface area contributed by atoms with Crippen LogP contribution in [0.25, 0.3) is 0 Å². The third-order valence-electron chi connectivity index (χ3n) is 2.04. The van der Waals surface area contributed by atoms with Crippen molar-refractivity contribution in [1.29, 1.82) is 0 Å². The van der Waals surface area contributed by atoms with Crippen molar-refractivity contribution in [2.24, 2.45) is 0 Å². The van der Waals surface area contributed by atoms with Crippen LogP contribution >= 0.6 is 0 Å². The molecule has 0 aliphatic carbocycles. The summed E-state index contributed by atoms with van der Waals surface area (Å²) in [5, 5.41) is 8.88. The number of H-pyrrole nitrogens is 1. The van der Waals surface area contributed by atoms with Crippen LogP contribution in [0.4, 0.5) is 0 Å². The maximum atomic E-state index is 8.88. The highest BCUT2D eigenvalue weighted by Crippen LogP contribution is 2.19. The van der Waals surface area contributed by atoms with Gasteiger partial charge in [0.05, 0.1) is 18.5 Å². The molecule has 2 N–H and O–H groups in total. The average molecular weight is 198 g/mol. The van der Waals surface area contributed by atoms with Crippen molar-refractivity contribution in [3.8, 4) is 0 Å². The number of aliphatic hydroxyl groups excluding tert-OH is 1. The number of nitrogens with zero attached hydrogens (tertiary/aromatic N) is 1. The first-order chi connectivity index (χ1) is 6.81. The van der Waals surface area contributed by atoms with Crippen LogP contribution in [0.15, 0.2) is 6.20 Å². The number of hydrogen-bond acceptors (Lipinski definition) is 3. The standard InChI is InChI=1S/C10H18N2O2/c1-3-5-9(14-4-2)10-11-6-8(7-13)12-10/h6,9,13H,3-5,7H2,1-2H3,(H,11,12). The third-order valence-corrected chi connectivity index (χ3v) is 2.04. The Morgan fingerprint density at radius 2 is 2.36 bits per heavy atom. The van der Waals surface area contributed by atoms with Gasteiger partial charge in [-0.1, -0.05) is 13.3 Å². The van der Waals surface area contributed by atoms with Gasteiger partial charge in [-0.05, 0) is 13.3 Å². The van der Waals surface area contributed by atoms with Crippen molar-refractivity contribution in [2.45, 2.75) is 39.4 Å². The maximum absolute atomic E-state index is 8.88. The second-order valence-corrected chi connectivity index (χ2v) is 3.18. The normalized spacial score (nSPS) is 13.1. The van der Waals surface area contributed by atoms with Crippen LogP contribution < -0.4 is 0 Å². The Labute approximate surface area is 84.3 Å². The Hall–Kier alpha value is -0.870. The summed E-state index contributed by atoms with van der Waals surface area (Å²) >= 11 is 0. The molecule has 0 spiro atoms. The zero-order valence-corrected chi connectivity index (χ0v) is 8.79. The van der Waals surface area contributed by atoms with Crippen LogP contribution in [0, 0.1) is 0 Å². The minimum atomic E-state index is -0.00201. The van der Waals surface area contributed by atoms with E-state index in [1.54, 1.807) is 6.20 Å². The zero-order chi connectivity index (χ0) is 10.4. The van der Waals surface area contributed by atoms with Gasteiger partial charge in [-0.25, -0.2) is 4.98 Å². The predicted octanol–water partition coefficient (Wildman–Crippen LogP) is 1.78. The summed E-state index contributed by atoms with van der Waals surface area (Å²) in [4.78, 5) is 7.23. The lowest BCUT2D eigenvalue weighted by atomic mass is 10.2. The number of ether oxygens (including phenoxy) is 1. The molecule has 1 heterocycles. The van der Waals surface area contributed by atoms with E-state index in [4.69, 9.17) is 9.84 Å². The molecule has 0 saturated heterocycles. The fraction of sp³-hybridized carbons (Fsp3) is 0.700. The van der Waals surface area contributed by atoms with E-state index in [0.29, 0.717) is 6.61 Å². The molecule has 0 amide bonds. The molecule has 0 aromatic carbocycles. The molecule has 4 nitrogen and oxygen atoms in total. The quantitative estimate of drug-likeness (QED) is 0.732. The van der Waals surface area contributed by atoms with E-state index in [-0.39, 0.29) is 12.7 Å². The van der Waals surface area contributed by atoms with Gasteiger partial charge in [-0.2, -0.15) is 0 Å². The highest BCUT2D eigenvalue weighted by Gasteiger charge is 2.13. The molecule has 80 valence electrons. The van der Waals surface area contributed by atoms with Crippen molar-refractivity contribution in [1.82, 2.24) is 9.97 Å². The second-order valence-electron chi connectivity index (χ2n) is 3.18. The van der Waals surface area contributed by atoms with Crippen molar-refractivity contribution >= 4 is 0 Å². The minimum Gasteiger partial charge on any atom is -0.390 e. The van der Waals surface area contributed by atoms with Gasteiger partial charge in [0.2, 0.25) is 0 Å². The summed E-state index contributed by atoms with van der Waals surface area (Å²) in [6.07, 6.45) is 3.69. The average Bonchev–Trinajstić information content (AvgIpc) is 2.65. The molecule has 0 radical (unpaired) electrons. The molecule has 1 rings (SSSR count). The summed E-state index contributed by atoms with van der Waals surface area (Å²) in [6.45, 7) is 4.76. The van der Waals surface area contributed by atoms with E-state index >= 15 is 0 Å². The molecule has 0 bridgehead atoms. The van der Waals surface area contributed by atoms with Crippen LogP contribution in [0.2, 0.25) is 0 Å². The van der Waals surface area contributed by atoms with Gasteiger partial charge in [0.25, 0.3) is 0 Å². The number of aromatic nitrogens is 2. The smallest absolute Gasteiger partial charge is 0.135 e. The lowest BCUT2D eigenvalue weighted by molar-refractivity contribution is 0.0498. The molecular weight excluding hydrogens is 180 g/mol. The number of rotatable bonds is 6. The lowest BCUT2D eigenvalue weighted by Gasteiger charge is -2.13. The first-order valence-electron chi connectivity index (χ1n) is 5.08. The lowest BCUT2D eigenvalue weighted by Crippen LogP contribution is -2.06. The topological polar surface area (TPSA) is 58.1 Å². The van der Waals surface area contributed by atoms with E-state index in [9.17, 15) is 0 Å². The predicted molar refractivity (Wildman–Crippen MR) is 53.8 cm³/mol. The Kier molecular flexibility index (Phi) is 4.62. The minimum absolute atomic E-state index is 0.00201. The first-order valence-corrected chi connectivity index (χ1v) is 5.08. The SMILES string of the molecule is CCCC(OCC)c1ncc(CO)[nH]1. The van der Waals surface area contributed by atoms with Crippen LogP contribution in [0.3, 0.4) is 0 Å². The van der Waals surface area contributed by atoms with E-state index in [1.165, 1.54) is 0 Å². The number of aliphatic hydroxyl groups is 1.